The molecule has 3 atom stereocenters. The number of carbonyl (C=O) groups is 2. The summed E-state index contributed by atoms with van der Waals surface area (Å²) in [7, 11) is 0. The third-order valence-electron chi connectivity index (χ3n) is 4.39. The van der Waals surface area contributed by atoms with Crippen molar-refractivity contribution < 1.29 is 9.59 Å². The summed E-state index contributed by atoms with van der Waals surface area (Å²) in [5.74, 6) is -0.145. The molecule has 3 amide bonds. The van der Waals surface area contributed by atoms with Crippen LogP contribution >= 0.6 is 0 Å². The number of anilines is 1. The predicted molar refractivity (Wildman–Crippen MR) is 98.9 cm³/mol. The van der Waals surface area contributed by atoms with E-state index in [0.717, 1.165) is 5.71 Å². The molecular weight excluding hydrogens is 316 g/mol. The monoisotopic (exact) mass is 338 g/mol. The van der Waals surface area contributed by atoms with E-state index in [9.17, 15) is 9.59 Å². The van der Waals surface area contributed by atoms with Crippen molar-refractivity contribution in [2.24, 2.45) is 16.0 Å². The lowest BCUT2D eigenvalue weighted by molar-refractivity contribution is -0.120. The molecule has 6 nitrogen and oxygen atoms in total. The molecule has 1 saturated heterocycles. The molecule has 2 heterocycles. The minimum Gasteiger partial charge on any atom is -0.290 e. The van der Waals surface area contributed by atoms with Crippen LogP contribution in [0.5, 0.6) is 0 Å². The molecule has 25 heavy (non-hydrogen) atoms. The second kappa shape index (κ2) is 7.01. The maximum Gasteiger partial charge on any atom is 0.352 e. The third-order valence-corrected chi connectivity index (χ3v) is 4.39. The second-order valence-electron chi connectivity index (χ2n) is 6.52. The Morgan fingerprint density at radius 2 is 1.92 bits per heavy atom. The van der Waals surface area contributed by atoms with Crippen molar-refractivity contribution in [3.8, 4) is 0 Å². The number of hydrogen-bond acceptors (Lipinski definition) is 4. The lowest BCUT2D eigenvalue weighted by Crippen LogP contribution is -2.35. The number of aliphatic imine (C=N–C) groups is 1. The van der Waals surface area contributed by atoms with Gasteiger partial charge >= 0.3 is 6.03 Å². The van der Waals surface area contributed by atoms with E-state index in [-0.39, 0.29) is 17.9 Å². The molecule has 3 rings (SSSR count). The Morgan fingerprint density at radius 3 is 2.56 bits per heavy atom. The zero-order valence-corrected chi connectivity index (χ0v) is 14.7. The highest BCUT2D eigenvalue weighted by Gasteiger charge is 2.47. The van der Waals surface area contributed by atoms with Gasteiger partial charge in [0, 0.05) is 17.8 Å². The highest BCUT2D eigenvalue weighted by atomic mass is 16.2. The lowest BCUT2D eigenvalue weighted by atomic mass is 9.91. The summed E-state index contributed by atoms with van der Waals surface area (Å²) in [4.78, 5) is 31.5. The summed E-state index contributed by atoms with van der Waals surface area (Å²) in [5.41, 5.74) is 1.30. The van der Waals surface area contributed by atoms with E-state index in [2.05, 4.69) is 10.1 Å². The molecule has 0 aromatic heterocycles. The largest absolute Gasteiger partial charge is 0.352 e. The topological polar surface area (TPSA) is 65.3 Å². The molecule has 6 heteroatoms. The van der Waals surface area contributed by atoms with Crippen molar-refractivity contribution in [3.63, 3.8) is 0 Å². The molecule has 2 aliphatic rings. The van der Waals surface area contributed by atoms with E-state index in [0.29, 0.717) is 12.1 Å². The molecule has 0 spiro atoms. The first-order valence-corrected chi connectivity index (χ1v) is 8.43. The molecule has 1 fully saturated rings. The first kappa shape index (κ1) is 17.1. The number of amides is 3. The van der Waals surface area contributed by atoms with Crippen LogP contribution in [0, 0.1) is 5.92 Å². The van der Waals surface area contributed by atoms with Crippen molar-refractivity contribution >= 4 is 29.6 Å². The van der Waals surface area contributed by atoms with Gasteiger partial charge in [-0.15, -0.1) is 0 Å². The number of imide groups is 1. The quantitative estimate of drug-likeness (QED) is 0.625. The molecule has 0 N–H and O–H groups in total. The fourth-order valence-electron chi connectivity index (χ4n) is 3.11. The molecule has 2 aliphatic heterocycles. The van der Waals surface area contributed by atoms with Gasteiger partial charge in [0.2, 0.25) is 0 Å². The Morgan fingerprint density at radius 1 is 1.20 bits per heavy atom. The van der Waals surface area contributed by atoms with Crippen LogP contribution in [0.25, 0.3) is 0 Å². The second-order valence-corrected chi connectivity index (χ2v) is 6.52. The molecule has 0 bridgehead atoms. The predicted octanol–water partition coefficient (Wildman–Crippen LogP) is 3.26. The minimum absolute atomic E-state index is 0.0761. The summed E-state index contributed by atoms with van der Waals surface area (Å²) in [6.45, 7) is 5.64. The van der Waals surface area contributed by atoms with Gasteiger partial charge in [-0.25, -0.2) is 14.7 Å². The van der Waals surface area contributed by atoms with Crippen LogP contribution in [-0.4, -0.2) is 41.0 Å². The number of hydrogen-bond donors (Lipinski definition) is 0. The van der Waals surface area contributed by atoms with E-state index in [1.54, 1.807) is 18.3 Å². The zero-order chi connectivity index (χ0) is 18.0. The van der Waals surface area contributed by atoms with E-state index >= 15 is 0 Å². The molecule has 0 radical (unpaired) electrons. The Hall–Kier alpha value is -2.76. The summed E-state index contributed by atoms with van der Waals surface area (Å²) in [6, 6.07) is 8.03. The number of carbonyl (C=O) groups excluding carboxylic acids is 2. The average Bonchev–Trinajstić information content (AvgIpc) is 2.81. The van der Waals surface area contributed by atoms with Gasteiger partial charge in [0.25, 0.3) is 5.91 Å². The van der Waals surface area contributed by atoms with E-state index in [1.807, 2.05) is 51.1 Å². The number of allylic oxidation sites excluding steroid dienone is 1. The average molecular weight is 338 g/mol. The van der Waals surface area contributed by atoms with E-state index in [4.69, 9.17) is 0 Å². The number of para-hydroxylation sites is 1. The summed E-state index contributed by atoms with van der Waals surface area (Å²) in [5, 5.41) is 5.65. The van der Waals surface area contributed by atoms with Crippen LogP contribution in [0.3, 0.4) is 0 Å². The van der Waals surface area contributed by atoms with E-state index in [1.165, 1.54) is 9.91 Å². The minimum atomic E-state index is -0.618. The Kier molecular flexibility index (Phi) is 4.79. The van der Waals surface area contributed by atoms with Gasteiger partial charge in [0.05, 0.1) is 11.7 Å². The van der Waals surface area contributed by atoms with Crippen molar-refractivity contribution in [3.05, 3.63) is 42.5 Å². The van der Waals surface area contributed by atoms with Gasteiger partial charge < -0.3 is 0 Å². The van der Waals surface area contributed by atoms with Gasteiger partial charge in [-0.05, 0) is 45.4 Å². The SMILES string of the molecule is CC(C)=NN1C(=O)N(c2ccccc2)C(=O)C1CC1C=CC=NC1C. The maximum atomic E-state index is 13.0. The van der Waals surface area contributed by atoms with Crippen molar-refractivity contribution in [2.45, 2.75) is 39.3 Å². The smallest absolute Gasteiger partial charge is 0.290 e. The van der Waals surface area contributed by atoms with Crippen LogP contribution in [-0.2, 0) is 4.79 Å². The van der Waals surface area contributed by atoms with Crippen LogP contribution < -0.4 is 4.90 Å². The Balaban J connectivity index is 1.92. The fraction of sp³-hybridized carbons (Fsp3) is 0.368. The first-order chi connectivity index (χ1) is 12.0. The van der Waals surface area contributed by atoms with Crippen LogP contribution in [0.1, 0.15) is 27.2 Å². The van der Waals surface area contributed by atoms with Gasteiger partial charge in [-0.1, -0.05) is 24.3 Å². The number of nitrogens with zero attached hydrogens (tertiary/aromatic N) is 4. The fourth-order valence-corrected chi connectivity index (χ4v) is 3.11. The summed E-state index contributed by atoms with van der Waals surface area (Å²) in [6.07, 6.45) is 6.20. The van der Waals surface area contributed by atoms with E-state index < -0.39 is 12.1 Å². The molecule has 0 saturated carbocycles. The van der Waals surface area contributed by atoms with Crippen molar-refractivity contribution in [1.82, 2.24) is 5.01 Å². The number of benzene rings is 1. The first-order valence-electron chi connectivity index (χ1n) is 8.43. The molecule has 0 aliphatic carbocycles. The zero-order valence-electron chi connectivity index (χ0n) is 14.7. The van der Waals surface area contributed by atoms with Crippen LogP contribution in [0.4, 0.5) is 10.5 Å². The molecule has 1 aromatic carbocycles. The van der Waals surface area contributed by atoms with Crippen LogP contribution in [0.2, 0.25) is 0 Å². The Bertz CT molecular complexity index is 750. The normalized spacial score (nSPS) is 25.6. The number of rotatable bonds is 4. The summed E-state index contributed by atoms with van der Waals surface area (Å²) < 4.78 is 0. The molecule has 3 unspecified atom stereocenters. The van der Waals surface area contributed by atoms with Gasteiger partial charge in [-0.3, -0.25) is 9.79 Å². The number of hydrazone groups is 1. The maximum absolute atomic E-state index is 13.0. The Labute approximate surface area is 147 Å². The number of dihydropyridines is 1. The molecule has 1 aromatic rings. The van der Waals surface area contributed by atoms with Gasteiger partial charge in [0.1, 0.15) is 6.04 Å². The van der Waals surface area contributed by atoms with Crippen molar-refractivity contribution in [1.29, 1.82) is 0 Å². The summed E-state index contributed by atoms with van der Waals surface area (Å²) >= 11 is 0. The highest BCUT2D eigenvalue weighted by molar-refractivity contribution is 6.21. The third kappa shape index (κ3) is 3.38. The highest BCUT2D eigenvalue weighted by Crippen LogP contribution is 2.30. The van der Waals surface area contributed by atoms with Crippen molar-refractivity contribution in [2.75, 3.05) is 4.90 Å². The molecule has 130 valence electrons. The molecular formula is C19H22N4O2. The van der Waals surface area contributed by atoms with Crippen LogP contribution in [0.15, 0.2) is 52.6 Å². The number of urea groups is 1. The lowest BCUT2D eigenvalue weighted by Gasteiger charge is -2.24. The van der Waals surface area contributed by atoms with Gasteiger partial charge in [0.15, 0.2) is 0 Å². The van der Waals surface area contributed by atoms with Gasteiger partial charge in [-0.2, -0.15) is 5.10 Å². The standard InChI is InChI=1S/C19H22N4O2/c1-13(2)21-23-17(12-15-8-7-11-20-14(15)3)18(24)22(19(23)25)16-9-5-4-6-10-16/h4-11,14-15,17H,12H2,1-3H3.